The Morgan fingerprint density at radius 1 is 0.680 bits per heavy atom. The van der Waals surface area contributed by atoms with E-state index in [-0.39, 0.29) is 11.5 Å². The Kier molecular flexibility index (Phi) is 5.98. The van der Waals surface area contributed by atoms with Crippen LogP contribution in [0.1, 0.15) is 0 Å². The zero-order valence-corrected chi connectivity index (χ0v) is 14.2. The predicted octanol–water partition coefficient (Wildman–Crippen LogP) is 1.57. The second-order valence-electron chi connectivity index (χ2n) is 4.57. The third-order valence-corrected chi connectivity index (χ3v) is 4.64. The summed E-state index contributed by atoms with van der Waals surface area (Å²) in [5, 5.41) is 0. The molecule has 0 aliphatic heterocycles. The standard InChI is InChI=1S/C14H14O9S2/c15-24(16,17)13-7-3-1-5-11(13)22-9-21-10-23-12-6-2-4-8-14(12)25(18,19)20/h1-8H,9-10H2,(H,15,16,17)(H,18,19,20). The fraction of sp³-hybridized carbons (Fsp3) is 0.143. The molecule has 11 heteroatoms. The molecule has 0 saturated carbocycles. The molecule has 136 valence electrons. The molecule has 0 saturated heterocycles. The minimum atomic E-state index is -4.45. The van der Waals surface area contributed by atoms with Crippen molar-refractivity contribution < 1.29 is 40.2 Å². The lowest BCUT2D eigenvalue weighted by Gasteiger charge is -2.12. The van der Waals surface area contributed by atoms with Gasteiger partial charge in [-0.1, -0.05) is 24.3 Å². The first-order valence-corrected chi connectivity index (χ1v) is 9.54. The van der Waals surface area contributed by atoms with Crippen molar-refractivity contribution >= 4 is 20.2 Å². The molecule has 2 rings (SSSR count). The van der Waals surface area contributed by atoms with Gasteiger partial charge in [-0.3, -0.25) is 9.11 Å². The lowest BCUT2D eigenvalue weighted by molar-refractivity contribution is -0.0555. The van der Waals surface area contributed by atoms with E-state index in [0.717, 1.165) is 12.1 Å². The van der Waals surface area contributed by atoms with Crippen LogP contribution in [-0.4, -0.2) is 39.5 Å². The van der Waals surface area contributed by atoms with Crippen molar-refractivity contribution in [1.82, 2.24) is 0 Å². The van der Waals surface area contributed by atoms with Crippen molar-refractivity contribution in [2.45, 2.75) is 9.79 Å². The zero-order chi connectivity index (χ0) is 18.5. The highest BCUT2D eigenvalue weighted by Crippen LogP contribution is 2.24. The summed E-state index contributed by atoms with van der Waals surface area (Å²) in [6.07, 6.45) is 0. The van der Waals surface area contributed by atoms with Gasteiger partial charge in [-0.15, -0.1) is 0 Å². The summed E-state index contributed by atoms with van der Waals surface area (Å²) in [5.41, 5.74) is 0. The molecule has 0 unspecified atom stereocenters. The molecule has 0 aliphatic rings. The maximum absolute atomic E-state index is 11.2. The van der Waals surface area contributed by atoms with Crippen LogP contribution in [0.5, 0.6) is 11.5 Å². The fourth-order valence-electron chi connectivity index (χ4n) is 1.81. The Labute approximate surface area is 144 Å². The van der Waals surface area contributed by atoms with Crippen LogP contribution in [0.4, 0.5) is 0 Å². The van der Waals surface area contributed by atoms with Gasteiger partial charge in [-0.25, -0.2) is 0 Å². The third kappa shape index (κ3) is 5.41. The molecule has 0 aliphatic carbocycles. The number of ether oxygens (including phenoxy) is 3. The average molecular weight is 390 g/mol. The molecule has 0 heterocycles. The largest absolute Gasteiger partial charge is 0.466 e. The minimum absolute atomic E-state index is 0.122. The van der Waals surface area contributed by atoms with Gasteiger partial charge in [0.2, 0.25) is 0 Å². The van der Waals surface area contributed by atoms with Crippen molar-refractivity contribution in [3.63, 3.8) is 0 Å². The van der Waals surface area contributed by atoms with E-state index < -0.39 is 43.6 Å². The Morgan fingerprint density at radius 3 is 1.40 bits per heavy atom. The predicted molar refractivity (Wildman–Crippen MR) is 84.6 cm³/mol. The molecule has 0 amide bonds. The van der Waals surface area contributed by atoms with Crippen LogP contribution in [-0.2, 0) is 25.0 Å². The van der Waals surface area contributed by atoms with E-state index in [1.807, 2.05) is 0 Å². The molecular formula is C14H14O9S2. The summed E-state index contributed by atoms with van der Waals surface area (Å²) in [5.74, 6) is -0.244. The summed E-state index contributed by atoms with van der Waals surface area (Å²) in [7, 11) is -8.89. The first-order valence-electron chi connectivity index (χ1n) is 6.66. The summed E-state index contributed by atoms with van der Waals surface area (Å²) >= 11 is 0. The lowest BCUT2D eigenvalue weighted by atomic mass is 10.3. The molecule has 0 radical (unpaired) electrons. The molecule has 0 fully saturated rings. The van der Waals surface area contributed by atoms with E-state index in [1.54, 1.807) is 0 Å². The van der Waals surface area contributed by atoms with Gasteiger partial charge in [0.05, 0.1) is 0 Å². The number of hydrogen-bond acceptors (Lipinski definition) is 7. The van der Waals surface area contributed by atoms with Crippen LogP contribution >= 0.6 is 0 Å². The molecule has 0 bridgehead atoms. The topological polar surface area (TPSA) is 136 Å². The quantitative estimate of drug-likeness (QED) is 0.391. The van der Waals surface area contributed by atoms with E-state index in [1.165, 1.54) is 36.4 Å². The first-order chi connectivity index (χ1) is 11.7. The first kappa shape index (κ1) is 19.1. The summed E-state index contributed by atoms with van der Waals surface area (Å²) in [4.78, 5) is -0.840. The summed E-state index contributed by atoms with van der Waals surface area (Å²) < 4.78 is 78.1. The summed E-state index contributed by atoms with van der Waals surface area (Å²) in [6, 6.07) is 10.8. The zero-order valence-electron chi connectivity index (χ0n) is 12.6. The van der Waals surface area contributed by atoms with E-state index in [0.29, 0.717) is 0 Å². The van der Waals surface area contributed by atoms with Crippen LogP contribution < -0.4 is 9.47 Å². The van der Waals surface area contributed by atoms with E-state index in [2.05, 4.69) is 0 Å². The third-order valence-electron chi connectivity index (χ3n) is 2.85. The van der Waals surface area contributed by atoms with Crippen LogP contribution in [0.2, 0.25) is 0 Å². The van der Waals surface area contributed by atoms with Crippen LogP contribution in [0.25, 0.3) is 0 Å². The molecule has 0 aromatic heterocycles. The van der Waals surface area contributed by atoms with Gasteiger partial charge in [-0.2, -0.15) is 16.8 Å². The van der Waals surface area contributed by atoms with Crippen molar-refractivity contribution in [3.05, 3.63) is 48.5 Å². The number of para-hydroxylation sites is 2. The van der Waals surface area contributed by atoms with Crippen LogP contribution in [0.15, 0.2) is 58.3 Å². The highest BCUT2D eigenvalue weighted by molar-refractivity contribution is 7.86. The highest BCUT2D eigenvalue weighted by atomic mass is 32.2. The molecule has 0 spiro atoms. The fourth-order valence-corrected chi connectivity index (χ4v) is 3.07. The van der Waals surface area contributed by atoms with Crippen molar-refractivity contribution in [2.75, 3.05) is 13.6 Å². The van der Waals surface area contributed by atoms with Crippen LogP contribution in [0.3, 0.4) is 0 Å². The van der Waals surface area contributed by atoms with E-state index in [9.17, 15) is 16.8 Å². The number of hydrogen-bond donors (Lipinski definition) is 2. The van der Waals surface area contributed by atoms with Crippen molar-refractivity contribution in [3.8, 4) is 11.5 Å². The Hall–Kier alpha value is -2.18. The second-order valence-corrected chi connectivity index (χ2v) is 7.35. The molecule has 25 heavy (non-hydrogen) atoms. The normalized spacial score (nSPS) is 11.9. The smallest absolute Gasteiger partial charge is 0.298 e. The number of rotatable bonds is 8. The van der Waals surface area contributed by atoms with Gasteiger partial charge in [-0.05, 0) is 24.3 Å². The molecular weight excluding hydrogens is 376 g/mol. The number of benzene rings is 2. The summed E-state index contributed by atoms with van der Waals surface area (Å²) in [6.45, 7) is -0.860. The molecule has 9 nitrogen and oxygen atoms in total. The van der Waals surface area contributed by atoms with E-state index >= 15 is 0 Å². The van der Waals surface area contributed by atoms with E-state index in [4.69, 9.17) is 23.3 Å². The second kappa shape index (κ2) is 7.80. The monoisotopic (exact) mass is 390 g/mol. The van der Waals surface area contributed by atoms with Gasteiger partial charge in [0.1, 0.15) is 21.3 Å². The maximum atomic E-state index is 11.2. The van der Waals surface area contributed by atoms with Gasteiger partial charge in [0, 0.05) is 0 Å². The molecule has 2 aromatic carbocycles. The van der Waals surface area contributed by atoms with Crippen LogP contribution in [0, 0.1) is 0 Å². The van der Waals surface area contributed by atoms with Gasteiger partial charge in [0.25, 0.3) is 20.2 Å². The molecule has 2 N–H and O–H groups in total. The van der Waals surface area contributed by atoms with Crippen molar-refractivity contribution in [2.24, 2.45) is 0 Å². The van der Waals surface area contributed by atoms with Gasteiger partial charge in [0.15, 0.2) is 13.6 Å². The Morgan fingerprint density at radius 2 is 1.04 bits per heavy atom. The SMILES string of the molecule is O=S(=O)(O)c1ccccc1OCOCOc1ccccc1S(=O)(=O)O. The molecule has 0 atom stereocenters. The minimum Gasteiger partial charge on any atom is -0.466 e. The Balaban J connectivity index is 1.92. The van der Waals surface area contributed by atoms with Crippen molar-refractivity contribution in [1.29, 1.82) is 0 Å². The Bertz CT molecular complexity index is 859. The van der Waals surface area contributed by atoms with Gasteiger partial charge >= 0.3 is 0 Å². The average Bonchev–Trinajstić information content (AvgIpc) is 2.53. The highest BCUT2D eigenvalue weighted by Gasteiger charge is 2.17. The maximum Gasteiger partial charge on any atom is 0.298 e. The lowest BCUT2D eigenvalue weighted by Crippen LogP contribution is -2.12. The van der Waals surface area contributed by atoms with Gasteiger partial charge < -0.3 is 14.2 Å². The molecule has 2 aromatic rings.